The number of carbonyl (C=O) groups is 2. The van der Waals surface area contributed by atoms with Gasteiger partial charge in [0, 0.05) is 6.42 Å². The number of carbonyl (C=O) groups excluding carboxylic acids is 2. The molecule has 5 nitrogen and oxygen atoms in total. The third-order valence-corrected chi connectivity index (χ3v) is 2.27. The van der Waals surface area contributed by atoms with Crippen LogP contribution in [0.4, 0.5) is 0 Å². The monoisotopic (exact) mass is 237 g/mol. The summed E-state index contributed by atoms with van der Waals surface area (Å²) in [6, 6.07) is 6.79. The first-order valence-corrected chi connectivity index (χ1v) is 5.15. The largest absolute Gasteiger partial charge is 0.465 e. The lowest BCUT2D eigenvalue weighted by Gasteiger charge is -2.10. The number of hydrogen-bond donors (Lipinski definition) is 1. The summed E-state index contributed by atoms with van der Waals surface area (Å²) in [5.41, 5.74) is 6.56. The van der Waals surface area contributed by atoms with E-state index in [4.69, 9.17) is 10.5 Å². The van der Waals surface area contributed by atoms with Gasteiger partial charge in [-0.25, -0.2) is 4.79 Å². The molecule has 1 aromatic rings. The normalized spacial score (nSPS) is 11.9. The summed E-state index contributed by atoms with van der Waals surface area (Å²) >= 11 is 0. The van der Waals surface area contributed by atoms with Gasteiger partial charge in [0.2, 0.25) is 0 Å². The molecule has 0 spiro atoms. The fourth-order valence-corrected chi connectivity index (χ4v) is 1.40. The van der Waals surface area contributed by atoms with E-state index in [1.54, 1.807) is 24.3 Å². The molecule has 17 heavy (non-hydrogen) atoms. The van der Waals surface area contributed by atoms with E-state index in [0.29, 0.717) is 18.3 Å². The van der Waals surface area contributed by atoms with Crippen molar-refractivity contribution in [1.29, 1.82) is 0 Å². The second-order valence-electron chi connectivity index (χ2n) is 3.40. The quantitative estimate of drug-likeness (QED) is 0.443. The number of nitrogens with two attached hydrogens (primary N) is 1. The van der Waals surface area contributed by atoms with Crippen LogP contribution in [0.5, 0.6) is 0 Å². The standard InChI is InChI=1S/C12H15NO4/c1-16-12(15)10-4-2-9(3-5-10)6-11(7-14)17-8-13/h2-5,7,11H,6,8,13H2,1H3/t11-/m0/s1. The highest BCUT2D eigenvalue weighted by molar-refractivity contribution is 5.89. The predicted molar refractivity (Wildman–Crippen MR) is 61.5 cm³/mol. The lowest BCUT2D eigenvalue weighted by molar-refractivity contribution is -0.117. The van der Waals surface area contributed by atoms with Crippen LogP contribution in [0, 0.1) is 0 Å². The Morgan fingerprint density at radius 1 is 1.41 bits per heavy atom. The first-order valence-electron chi connectivity index (χ1n) is 5.15. The van der Waals surface area contributed by atoms with Crippen LogP contribution in [-0.2, 0) is 20.7 Å². The molecule has 2 N–H and O–H groups in total. The van der Waals surface area contributed by atoms with Gasteiger partial charge in [0.25, 0.3) is 0 Å². The summed E-state index contributed by atoms with van der Waals surface area (Å²) in [4.78, 5) is 21.9. The first kappa shape index (κ1) is 13.3. The number of aldehydes is 1. The Labute approximate surface area is 99.5 Å². The van der Waals surface area contributed by atoms with Crippen molar-refractivity contribution in [2.75, 3.05) is 13.8 Å². The topological polar surface area (TPSA) is 78.6 Å². The van der Waals surface area contributed by atoms with E-state index < -0.39 is 6.10 Å². The summed E-state index contributed by atoms with van der Waals surface area (Å²) in [6.07, 6.45) is 0.590. The zero-order valence-electron chi connectivity index (χ0n) is 9.59. The highest BCUT2D eigenvalue weighted by atomic mass is 16.5. The minimum absolute atomic E-state index is 0.00362. The molecule has 1 atom stereocenters. The molecule has 0 aliphatic carbocycles. The van der Waals surface area contributed by atoms with Crippen LogP contribution in [0.2, 0.25) is 0 Å². The van der Waals surface area contributed by atoms with Crippen LogP contribution in [0.3, 0.4) is 0 Å². The molecular formula is C12H15NO4. The predicted octanol–water partition coefficient (Wildman–Crippen LogP) is 0.516. The molecule has 0 saturated heterocycles. The van der Waals surface area contributed by atoms with E-state index in [0.717, 1.165) is 5.56 Å². The van der Waals surface area contributed by atoms with Gasteiger partial charge in [0.05, 0.1) is 19.4 Å². The lowest BCUT2D eigenvalue weighted by atomic mass is 10.1. The zero-order valence-corrected chi connectivity index (χ0v) is 9.59. The molecule has 0 aliphatic rings. The van der Waals surface area contributed by atoms with Gasteiger partial charge < -0.3 is 20.0 Å². The molecule has 0 bridgehead atoms. The summed E-state index contributed by atoms with van der Waals surface area (Å²) in [6.45, 7) is 0.00362. The van der Waals surface area contributed by atoms with Crippen LogP contribution in [0.15, 0.2) is 24.3 Å². The minimum Gasteiger partial charge on any atom is -0.465 e. The van der Waals surface area contributed by atoms with Crippen LogP contribution < -0.4 is 5.73 Å². The van der Waals surface area contributed by atoms with Crippen molar-refractivity contribution in [1.82, 2.24) is 0 Å². The smallest absolute Gasteiger partial charge is 0.337 e. The summed E-state index contributed by atoms with van der Waals surface area (Å²) < 4.78 is 9.59. The number of methoxy groups -OCH3 is 1. The number of benzene rings is 1. The maximum atomic E-state index is 11.2. The number of esters is 1. The third-order valence-electron chi connectivity index (χ3n) is 2.27. The molecule has 0 radical (unpaired) electrons. The molecule has 1 aromatic carbocycles. The van der Waals surface area contributed by atoms with Crippen LogP contribution in [0.25, 0.3) is 0 Å². The Bertz CT molecular complexity index is 375. The van der Waals surface area contributed by atoms with E-state index in [9.17, 15) is 9.59 Å². The molecule has 0 fully saturated rings. The van der Waals surface area contributed by atoms with Crippen LogP contribution >= 0.6 is 0 Å². The minimum atomic E-state index is -0.552. The molecule has 0 aromatic heterocycles. The number of ether oxygens (including phenoxy) is 2. The second-order valence-corrected chi connectivity index (χ2v) is 3.40. The van der Waals surface area contributed by atoms with Crippen molar-refractivity contribution < 1.29 is 19.1 Å². The van der Waals surface area contributed by atoms with Gasteiger partial charge in [0.1, 0.15) is 12.4 Å². The molecule has 0 heterocycles. The molecular weight excluding hydrogens is 222 g/mol. The zero-order chi connectivity index (χ0) is 12.7. The van der Waals surface area contributed by atoms with Crippen molar-refractivity contribution in [2.24, 2.45) is 5.73 Å². The lowest BCUT2D eigenvalue weighted by Crippen LogP contribution is -2.21. The van der Waals surface area contributed by atoms with Gasteiger partial charge in [-0.2, -0.15) is 0 Å². The summed E-state index contributed by atoms with van der Waals surface area (Å²) in [5, 5.41) is 0. The Balaban J connectivity index is 2.67. The Hall–Kier alpha value is -1.72. The van der Waals surface area contributed by atoms with E-state index in [1.807, 2.05) is 0 Å². The van der Waals surface area contributed by atoms with Crippen molar-refractivity contribution in [3.8, 4) is 0 Å². The number of hydrogen-bond acceptors (Lipinski definition) is 5. The fraction of sp³-hybridized carbons (Fsp3) is 0.333. The van der Waals surface area contributed by atoms with Gasteiger partial charge in [-0.15, -0.1) is 0 Å². The third kappa shape index (κ3) is 3.97. The maximum Gasteiger partial charge on any atom is 0.337 e. The van der Waals surface area contributed by atoms with Crippen LogP contribution in [0.1, 0.15) is 15.9 Å². The molecule has 0 amide bonds. The molecule has 92 valence electrons. The van der Waals surface area contributed by atoms with Gasteiger partial charge in [-0.1, -0.05) is 12.1 Å². The van der Waals surface area contributed by atoms with Crippen molar-refractivity contribution in [3.63, 3.8) is 0 Å². The highest BCUT2D eigenvalue weighted by Gasteiger charge is 2.09. The SMILES string of the molecule is COC(=O)c1ccc(C[C@@H](C=O)OCN)cc1. The van der Waals surface area contributed by atoms with Gasteiger partial charge in [-0.05, 0) is 17.7 Å². The fourth-order valence-electron chi connectivity index (χ4n) is 1.40. The van der Waals surface area contributed by atoms with E-state index in [-0.39, 0.29) is 12.7 Å². The first-order chi connectivity index (χ1) is 8.21. The molecule has 5 heteroatoms. The maximum absolute atomic E-state index is 11.2. The summed E-state index contributed by atoms with van der Waals surface area (Å²) in [5.74, 6) is -0.387. The Kier molecular flexibility index (Phi) is 5.32. The Morgan fingerprint density at radius 3 is 2.53 bits per heavy atom. The van der Waals surface area contributed by atoms with E-state index in [1.165, 1.54) is 7.11 Å². The van der Waals surface area contributed by atoms with Crippen molar-refractivity contribution in [2.45, 2.75) is 12.5 Å². The number of rotatable bonds is 6. The summed E-state index contributed by atoms with van der Waals surface area (Å²) in [7, 11) is 1.33. The Morgan fingerprint density at radius 2 is 2.06 bits per heavy atom. The molecule has 1 rings (SSSR count). The van der Waals surface area contributed by atoms with Gasteiger partial charge in [0.15, 0.2) is 0 Å². The van der Waals surface area contributed by atoms with Crippen molar-refractivity contribution in [3.05, 3.63) is 35.4 Å². The van der Waals surface area contributed by atoms with E-state index >= 15 is 0 Å². The van der Waals surface area contributed by atoms with Gasteiger partial charge in [-0.3, -0.25) is 0 Å². The average molecular weight is 237 g/mol. The van der Waals surface area contributed by atoms with E-state index in [2.05, 4.69) is 4.74 Å². The van der Waals surface area contributed by atoms with Gasteiger partial charge >= 0.3 is 5.97 Å². The van der Waals surface area contributed by atoms with Crippen molar-refractivity contribution >= 4 is 12.3 Å². The second kappa shape index (κ2) is 6.78. The van der Waals surface area contributed by atoms with Crippen LogP contribution in [-0.4, -0.2) is 32.2 Å². The molecule has 0 saturated carbocycles. The average Bonchev–Trinajstić information content (AvgIpc) is 2.38. The molecule has 0 unspecified atom stereocenters. The molecule has 0 aliphatic heterocycles. The highest BCUT2D eigenvalue weighted by Crippen LogP contribution is 2.08.